The summed E-state index contributed by atoms with van der Waals surface area (Å²) >= 11 is 0. The minimum atomic E-state index is -0.00931. The maximum absolute atomic E-state index is 12.3. The SMILES string of the molecule is Cc1cc(C)n(CCCn2cncc2-c2cc3c(cc2C)n(C)c(=O)n3C)n1.Cl. The van der Waals surface area contributed by atoms with E-state index < -0.39 is 0 Å². The maximum atomic E-state index is 12.3. The van der Waals surface area contributed by atoms with Gasteiger partial charge in [0, 0.05) is 38.4 Å². The summed E-state index contributed by atoms with van der Waals surface area (Å²) in [5.74, 6) is 0. The Kier molecular flexibility index (Phi) is 5.71. The Bertz CT molecular complexity index is 1230. The molecular weight excluding hydrogens is 388 g/mol. The van der Waals surface area contributed by atoms with Crippen molar-refractivity contribution in [3.63, 3.8) is 0 Å². The molecule has 7 nitrogen and oxygen atoms in total. The molecule has 0 aliphatic rings. The Labute approximate surface area is 176 Å². The van der Waals surface area contributed by atoms with Crippen LogP contribution >= 0.6 is 12.4 Å². The zero-order valence-corrected chi connectivity index (χ0v) is 18.3. The molecule has 154 valence electrons. The van der Waals surface area contributed by atoms with Crippen molar-refractivity contribution >= 4 is 23.4 Å². The first kappa shape index (κ1) is 20.9. The number of aromatic nitrogens is 6. The summed E-state index contributed by atoms with van der Waals surface area (Å²) in [5, 5.41) is 4.54. The average molecular weight is 415 g/mol. The monoisotopic (exact) mass is 414 g/mol. The van der Waals surface area contributed by atoms with Crippen LogP contribution in [-0.2, 0) is 27.2 Å². The van der Waals surface area contributed by atoms with E-state index in [1.165, 1.54) is 5.69 Å². The summed E-state index contributed by atoms with van der Waals surface area (Å²) in [7, 11) is 3.63. The van der Waals surface area contributed by atoms with Crippen molar-refractivity contribution in [2.75, 3.05) is 0 Å². The molecule has 0 amide bonds. The lowest BCUT2D eigenvalue weighted by atomic mass is 10.0. The fourth-order valence-electron chi connectivity index (χ4n) is 3.94. The standard InChI is InChI=1S/C21H26N6O.ClH/c1-14-9-18-19(25(5)21(28)24(18)4)11-17(14)20-12-22-13-26(20)7-6-8-27-16(3)10-15(2)23-27;/h9-13H,6-8H2,1-5H3;1H. The molecule has 4 rings (SSSR count). The summed E-state index contributed by atoms with van der Waals surface area (Å²) in [6.45, 7) is 7.93. The van der Waals surface area contributed by atoms with Crippen LogP contribution in [0.2, 0.25) is 0 Å². The third kappa shape index (κ3) is 3.62. The van der Waals surface area contributed by atoms with Crippen LogP contribution in [0.3, 0.4) is 0 Å². The van der Waals surface area contributed by atoms with E-state index in [2.05, 4.69) is 51.4 Å². The van der Waals surface area contributed by atoms with Gasteiger partial charge in [0.2, 0.25) is 0 Å². The molecule has 0 unspecified atom stereocenters. The van der Waals surface area contributed by atoms with Gasteiger partial charge in [-0.3, -0.25) is 13.8 Å². The summed E-state index contributed by atoms with van der Waals surface area (Å²) in [6.07, 6.45) is 4.75. The smallest absolute Gasteiger partial charge is 0.328 e. The van der Waals surface area contributed by atoms with Gasteiger partial charge in [0.05, 0.1) is 34.9 Å². The molecule has 1 aromatic carbocycles. The number of nitrogens with zero attached hydrogens (tertiary/aromatic N) is 6. The largest absolute Gasteiger partial charge is 0.331 e. The summed E-state index contributed by atoms with van der Waals surface area (Å²) in [4.78, 5) is 16.6. The van der Waals surface area contributed by atoms with Crippen molar-refractivity contribution in [3.8, 4) is 11.3 Å². The van der Waals surface area contributed by atoms with Gasteiger partial charge < -0.3 is 4.57 Å². The van der Waals surface area contributed by atoms with Gasteiger partial charge in [0.25, 0.3) is 0 Å². The molecule has 0 bridgehead atoms. The normalized spacial score (nSPS) is 11.2. The predicted molar refractivity (Wildman–Crippen MR) is 118 cm³/mol. The van der Waals surface area contributed by atoms with E-state index in [0.717, 1.165) is 53.1 Å². The lowest BCUT2D eigenvalue weighted by Gasteiger charge is -2.12. The number of hydrogen-bond acceptors (Lipinski definition) is 3. The second-order valence-corrected chi connectivity index (χ2v) is 7.53. The summed E-state index contributed by atoms with van der Waals surface area (Å²) in [5.41, 5.74) is 7.43. The topological polar surface area (TPSA) is 62.6 Å². The highest BCUT2D eigenvalue weighted by atomic mass is 35.5. The third-order valence-electron chi connectivity index (χ3n) is 5.48. The van der Waals surface area contributed by atoms with E-state index in [1.807, 2.05) is 33.5 Å². The van der Waals surface area contributed by atoms with Gasteiger partial charge in [0.15, 0.2) is 0 Å². The van der Waals surface area contributed by atoms with Crippen molar-refractivity contribution in [1.29, 1.82) is 0 Å². The molecule has 3 aromatic heterocycles. The van der Waals surface area contributed by atoms with Crippen LogP contribution in [0.15, 0.2) is 35.5 Å². The van der Waals surface area contributed by atoms with Crippen molar-refractivity contribution in [2.45, 2.75) is 40.3 Å². The van der Waals surface area contributed by atoms with Gasteiger partial charge in [-0.15, -0.1) is 12.4 Å². The first-order valence-corrected chi connectivity index (χ1v) is 9.54. The first-order chi connectivity index (χ1) is 13.4. The van der Waals surface area contributed by atoms with Crippen LogP contribution in [0.1, 0.15) is 23.4 Å². The molecule has 29 heavy (non-hydrogen) atoms. The van der Waals surface area contributed by atoms with E-state index in [4.69, 9.17) is 0 Å². The second kappa shape index (κ2) is 7.91. The number of rotatable bonds is 5. The molecule has 0 aliphatic heterocycles. The van der Waals surface area contributed by atoms with Crippen LogP contribution in [-0.4, -0.2) is 28.5 Å². The highest BCUT2D eigenvalue weighted by Crippen LogP contribution is 2.28. The molecule has 0 saturated carbocycles. The molecule has 3 heterocycles. The zero-order chi connectivity index (χ0) is 20.0. The molecule has 0 fully saturated rings. The average Bonchev–Trinajstić information content (AvgIpc) is 3.30. The molecule has 0 saturated heterocycles. The Morgan fingerprint density at radius 3 is 2.31 bits per heavy atom. The van der Waals surface area contributed by atoms with Crippen LogP contribution in [0.25, 0.3) is 22.3 Å². The summed E-state index contributed by atoms with van der Waals surface area (Å²) in [6, 6.07) is 6.28. The zero-order valence-electron chi connectivity index (χ0n) is 17.5. The number of benzene rings is 1. The Morgan fingerprint density at radius 2 is 1.66 bits per heavy atom. The van der Waals surface area contributed by atoms with Crippen LogP contribution in [0.4, 0.5) is 0 Å². The van der Waals surface area contributed by atoms with Crippen molar-refractivity contribution in [2.24, 2.45) is 14.1 Å². The first-order valence-electron chi connectivity index (χ1n) is 9.54. The fourth-order valence-corrected chi connectivity index (χ4v) is 3.94. The second-order valence-electron chi connectivity index (χ2n) is 7.53. The lowest BCUT2D eigenvalue weighted by Crippen LogP contribution is -2.19. The molecule has 0 atom stereocenters. The van der Waals surface area contributed by atoms with Crippen LogP contribution < -0.4 is 5.69 Å². The Balaban J connectivity index is 0.00000240. The van der Waals surface area contributed by atoms with Crippen molar-refractivity contribution < 1.29 is 0 Å². The fraction of sp³-hybridized carbons (Fsp3) is 0.381. The Morgan fingerprint density at radius 1 is 0.966 bits per heavy atom. The van der Waals surface area contributed by atoms with E-state index in [9.17, 15) is 4.79 Å². The van der Waals surface area contributed by atoms with Crippen molar-refractivity contribution in [3.05, 3.63) is 58.2 Å². The number of fused-ring (bicyclic) bond motifs is 1. The molecule has 0 spiro atoms. The van der Waals surface area contributed by atoms with Gasteiger partial charge in [0.1, 0.15) is 0 Å². The molecule has 0 radical (unpaired) electrons. The van der Waals surface area contributed by atoms with E-state index in [-0.39, 0.29) is 18.1 Å². The number of aryl methyl sites for hydroxylation is 7. The van der Waals surface area contributed by atoms with Gasteiger partial charge in [-0.2, -0.15) is 5.10 Å². The van der Waals surface area contributed by atoms with Gasteiger partial charge in [-0.25, -0.2) is 9.78 Å². The van der Waals surface area contributed by atoms with E-state index in [0.29, 0.717) is 0 Å². The quantitative estimate of drug-likeness (QED) is 0.503. The van der Waals surface area contributed by atoms with Gasteiger partial charge in [-0.05, 0) is 51.0 Å². The van der Waals surface area contributed by atoms with Crippen LogP contribution in [0.5, 0.6) is 0 Å². The maximum Gasteiger partial charge on any atom is 0.328 e. The Hall–Kier alpha value is -2.80. The lowest BCUT2D eigenvalue weighted by molar-refractivity contribution is 0.518. The number of hydrogen-bond donors (Lipinski definition) is 0. The highest BCUT2D eigenvalue weighted by molar-refractivity contribution is 5.85. The molecular formula is C21H27ClN6O. The highest BCUT2D eigenvalue weighted by Gasteiger charge is 2.14. The van der Waals surface area contributed by atoms with E-state index in [1.54, 1.807) is 9.13 Å². The number of halogens is 1. The van der Waals surface area contributed by atoms with Crippen LogP contribution in [0, 0.1) is 20.8 Å². The van der Waals surface area contributed by atoms with Gasteiger partial charge >= 0.3 is 5.69 Å². The minimum absolute atomic E-state index is 0. The third-order valence-corrected chi connectivity index (χ3v) is 5.48. The molecule has 4 aromatic rings. The van der Waals surface area contributed by atoms with Gasteiger partial charge in [-0.1, -0.05) is 0 Å². The minimum Gasteiger partial charge on any atom is -0.331 e. The molecule has 8 heteroatoms. The molecule has 0 aliphatic carbocycles. The summed E-state index contributed by atoms with van der Waals surface area (Å²) < 4.78 is 7.63. The number of imidazole rings is 2. The van der Waals surface area contributed by atoms with E-state index >= 15 is 0 Å². The molecule has 0 N–H and O–H groups in total. The van der Waals surface area contributed by atoms with Crippen molar-refractivity contribution in [1.82, 2.24) is 28.5 Å². The predicted octanol–water partition coefficient (Wildman–Crippen LogP) is 3.37.